The van der Waals surface area contributed by atoms with Crippen molar-refractivity contribution < 1.29 is 13.6 Å². The number of nitrogens with zero attached hydrogens (tertiary/aromatic N) is 3. The van der Waals surface area contributed by atoms with E-state index in [9.17, 15) is 13.6 Å². The van der Waals surface area contributed by atoms with E-state index in [0.29, 0.717) is 17.6 Å². The van der Waals surface area contributed by atoms with Gasteiger partial charge in [-0.3, -0.25) is 9.78 Å². The Morgan fingerprint density at radius 1 is 1.28 bits per heavy atom. The molecule has 3 rings (SSSR count). The van der Waals surface area contributed by atoms with E-state index in [4.69, 9.17) is 0 Å². The van der Waals surface area contributed by atoms with Crippen LogP contribution in [0.15, 0.2) is 43.0 Å². The van der Waals surface area contributed by atoms with Crippen molar-refractivity contribution in [1.29, 1.82) is 0 Å². The van der Waals surface area contributed by atoms with Crippen LogP contribution in [-0.2, 0) is 11.3 Å². The molecule has 0 radical (unpaired) electrons. The molecule has 1 unspecified atom stereocenters. The summed E-state index contributed by atoms with van der Waals surface area (Å²) in [4.78, 5) is 20.8. The van der Waals surface area contributed by atoms with Crippen LogP contribution < -0.4 is 5.32 Å². The Kier molecular flexibility index (Phi) is 4.74. The number of hydrogen-bond acceptors (Lipinski definition) is 3. The highest BCUT2D eigenvalue weighted by atomic mass is 19.2. The summed E-state index contributed by atoms with van der Waals surface area (Å²) in [5.74, 6) is -2.21. The molecule has 7 heteroatoms. The highest BCUT2D eigenvalue weighted by molar-refractivity contribution is 5.84. The number of aromatic nitrogens is 3. The van der Waals surface area contributed by atoms with Crippen LogP contribution in [0.2, 0.25) is 0 Å². The minimum Gasteiger partial charge on any atom is -0.350 e. The standard InChI is InChI=1S/C18H18F2N4O/c1-11(2)17(18(25)22-9-12-4-3-5-21-8-12)24-10-23-15-6-13(19)14(20)7-16(15)24/h3-8,10-11,17H,9H2,1-2H3,(H,22,25). The number of benzene rings is 1. The second kappa shape index (κ2) is 6.96. The van der Waals surface area contributed by atoms with Crippen LogP contribution in [0.3, 0.4) is 0 Å². The average Bonchev–Trinajstić information content (AvgIpc) is 2.97. The predicted octanol–water partition coefficient (Wildman–Crippen LogP) is 3.22. The first-order valence-electron chi connectivity index (χ1n) is 7.95. The monoisotopic (exact) mass is 344 g/mol. The molecule has 0 saturated heterocycles. The lowest BCUT2D eigenvalue weighted by atomic mass is 10.0. The van der Waals surface area contributed by atoms with Crippen molar-refractivity contribution in [3.8, 4) is 0 Å². The summed E-state index contributed by atoms with van der Waals surface area (Å²) in [5, 5.41) is 2.86. The van der Waals surface area contributed by atoms with Gasteiger partial charge in [0.1, 0.15) is 6.04 Å². The van der Waals surface area contributed by atoms with Gasteiger partial charge >= 0.3 is 0 Å². The number of amides is 1. The third-order valence-corrected chi connectivity index (χ3v) is 4.01. The zero-order valence-corrected chi connectivity index (χ0v) is 13.9. The van der Waals surface area contributed by atoms with Gasteiger partial charge in [0.25, 0.3) is 0 Å². The predicted molar refractivity (Wildman–Crippen MR) is 89.6 cm³/mol. The minimum atomic E-state index is -0.965. The van der Waals surface area contributed by atoms with Crippen LogP contribution in [0.4, 0.5) is 8.78 Å². The first-order chi connectivity index (χ1) is 12.0. The molecule has 1 amide bonds. The van der Waals surface area contributed by atoms with Crippen LogP contribution in [0.5, 0.6) is 0 Å². The van der Waals surface area contributed by atoms with E-state index in [2.05, 4.69) is 15.3 Å². The first kappa shape index (κ1) is 17.0. The second-order valence-electron chi connectivity index (χ2n) is 6.17. The fraction of sp³-hybridized carbons (Fsp3) is 0.278. The van der Waals surface area contributed by atoms with Crippen molar-refractivity contribution in [2.75, 3.05) is 0 Å². The molecule has 0 aliphatic carbocycles. The molecule has 0 saturated carbocycles. The molecule has 1 N–H and O–H groups in total. The Bertz CT molecular complexity index is 893. The summed E-state index contributed by atoms with van der Waals surface area (Å²) in [6.45, 7) is 4.12. The number of rotatable bonds is 5. The van der Waals surface area contributed by atoms with E-state index in [-0.39, 0.29) is 11.8 Å². The number of fused-ring (bicyclic) bond motifs is 1. The van der Waals surface area contributed by atoms with Crippen LogP contribution in [0.1, 0.15) is 25.5 Å². The molecule has 0 aliphatic heterocycles. The zero-order valence-electron chi connectivity index (χ0n) is 13.9. The van der Waals surface area contributed by atoms with Gasteiger partial charge in [0.2, 0.25) is 5.91 Å². The Labute approximate surface area is 143 Å². The molecular formula is C18H18F2N4O. The van der Waals surface area contributed by atoms with E-state index in [1.165, 1.54) is 6.33 Å². The SMILES string of the molecule is CC(C)C(C(=O)NCc1cccnc1)n1cnc2cc(F)c(F)cc21. The van der Waals surface area contributed by atoms with Crippen LogP contribution in [0.25, 0.3) is 11.0 Å². The van der Waals surface area contributed by atoms with Crippen molar-refractivity contribution in [2.24, 2.45) is 5.92 Å². The summed E-state index contributed by atoms with van der Waals surface area (Å²) < 4.78 is 28.6. The van der Waals surface area contributed by atoms with Crippen LogP contribution >= 0.6 is 0 Å². The molecule has 1 atom stereocenters. The molecule has 1 aromatic carbocycles. The Morgan fingerprint density at radius 2 is 2.04 bits per heavy atom. The van der Waals surface area contributed by atoms with E-state index in [1.54, 1.807) is 23.0 Å². The summed E-state index contributed by atoms with van der Waals surface area (Å²) in [6.07, 6.45) is 4.78. The Balaban J connectivity index is 1.88. The van der Waals surface area contributed by atoms with Gasteiger partial charge in [-0.25, -0.2) is 13.8 Å². The van der Waals surface area contributed by atoms with Gasteiger partial charge in [0.15, 0.2) is 11.6 Å². The van der Waals surface area contributed by atoms with Crippen molar-refractivity contribution in [2.45, 2.75) is 26.4 Å². The number of nitrogens with one attached hydrogen (secondary N) is 1. The molecule has 0 spiro atoms. The van der Waals surface area contributed by atoms with Crippen LogP contribution in [0, 0.1) is 17.6 Å². The maximum Gasteiger partial charge on any atom is 0.243 e. The summed E-state index contributed by atoms with van der Waals surface area (Å²) >= 11 is 0. The average molecular weight is 344 g/mol. The number of carbonyl (C=O) groups excluding carboxylic acids is 1. The second-order valence-corrected chi connectivity index (χ2v) is 6.17. The molecule has 25 heavy (non-hydrogen) atoms. The third kappa shape index (κ3) is 3.50. The lowest BCUT2D eigenvalue weighted by molar-refractivity contribution is -0.125. The van der Waals surface area contributed by atoms with Crippen molar-refractivity contribution >= 4 is 16.9 Å². The molecule has 130 valence electrons. The smallest absolute Gasteiger partial charge is 0.243 e. The van der Waals surface area contributed by atoms with E-state index in [0.717, 1.165) is 17.7 Å². The van der Waals surface area contributed by atoms with Crippen molar-refractivity contribution in [3.63, 3.8) is 0 Å². The number of pyridine rings is 1. The summed E-state index contributed by atoms with van der Waals surface area (Å²) in [6, 6.07) is 5.17. The van der Waals surface area contributed by atoms with Gasteiger partial charge in [-0.2, -0.15) is 0 Å². The maximum absolute atomic E-state index is 13.6. The maximum atomic E-state index is 13.6. The molecule has 2 aromatic heterocycles. The number of carbonyl (C=O) groups is 1. The highest BCUT2D eigenvalue weighted by Crippen LogP contribution is 2.25. The molecule has 3 aromatic rings. The molecule has 0 fully saturated rings. The van der Waals surface area contributed by atoms with Crippen molar-refractivity contribution in [3.05, 3.63) is 60.2 Å². The minimum absolute atomic E-state index is 0.0700. The van der Waals surface area contributed by atoms with E-state index < -0.39 is 17.7 Å². The van der Waals surface area contributed by atoms with Gasteiger partial charge in [-0.1, -0.05) is 19.9 Å². The fourth-order valence-corrected chi connectivity index (χ4v) is 2.79. The zero-order chi connectivity index (χ0) is 18.0. The molecule has 0 bridgehead atoms. The third-order valence-electron chi connectivity index (χ3n) is 4.01. The van der Waals surface area contributed by atoms with Gasteiger partial charge in [-0.15, -0.1) is 0 Å². The van der Waals surface area contributed by atoms with Gasteiger partial charge in [0.05, 0.1) is 17.4 Å². The van der Waals surface area contributed by atoms with Crippen molar-refractivity contribution in [1.82, 2.24) is 19.9 Å². The van der Waals surface area contributed by atoms with Gasteiger partial charge in [-0.05, 0) is 17.5 Å². The van der Waals surface area contributed by atoms with E-state index in [1.807, 2.05) is 19.9 Å². The van der Waals surface area contributed by atoms with E-state index >= 15 is 0 Å². The number of halogens is 2. The Morgan fingerprint density at radius 3 is 2.72 bits per heavy atom. The topological polar surface area (TPSA) is 59.8 Å². The lowest BCUT2D eigenvalue weighted by Crippen LogP contribution is -2.34. The van der Waals surface area contributed by atoms with Crippen LogP contribution in [-0.4, -0.2) is 20.4 Å². The molecule has 0 aliphatic rings. The summed E-state index contributed by atoms with van der Waals surface area (Å²) in [7, 11) is 0. The Hall–Kier alpha value is -2.83. The highest BCUT2D eigenvalue weighted by Gasteiger charge is 2.26. The molecule has 5 nitrogen and oxygen atoms in total. The van der Waals surface area contributed by atoms with Gasteiger partial charge in [0, 0.05) is 31.1 Å². The quantitative estimate of drug-likeness (QED) is 0.773. The molecular weight excluding hydrogens is 326 g/mol. The fourth-order valence-electron chi connectivity index (χ4n) is 2.79. The molecule has 2 heterocycles. The number of hydrogen-bond donors (Lipinski definition) is 1. The number of imidazole rings is 1. The normalized spacial score (nSPS) is 12.5. The summed E-state index contributed by atoms with van der Waals surface area (Å²) in [5.41, 5.74) is 1.57. The largest absolute Gasteiger partial charge is 0.350 e. The first-order valence-corrected chi connectivity index (χ1v) is 7.95. The lowest BCUT2D eigenvalue weighted by Gasteiger charge is -2.22. The van der Waals surface area contributed by atoms with Gasteiger partial charge < -0.3 is 9.88 Å².